The lowest BCUT2D eigenvalue weighted by Gasteiger charge is -2.31. The summed E-state index contributed by atoms with van der Waals surface area (Å²) in [5, 5.41) is 1.05. The molecule has 2 heterocycles. The highest BCUT2D eigenvalue weighted by atomic mass is 16.1. The number of nitrogens with zero attached hydrogens (tertiary/aromatic N) is 1. The molecular formula is C23H26N2O. The lowest BCUT2D eigenvalue weighted by molar-refractivity contribution is 0.0897. The smallest absolute Gasteiger partial charge is 0.178 e. The topological polar surface area (TPSA) is 36.1 Å². The number of fused-ring (bicyclic) bond motifs is 1. The van der Waals surface area contributed by atoms with Crippen LogP contribution in [0, 0.1) is 12.8 Å². The van der Waals surface area contributed by atoms with E-state index in [1.54, 1.807) is 0 Å². The van der Waals surface area contributed by atoms with Gasteiger partial charge in [0.2, 0.25) is 0 Å². The first-order chi connectivity index (χ1) is 12.7. The molecule has 1 fully saturated rings. The van der Waals surface area contributed by atoms with Crippen LogP contribution in [0.15, 0.2) is 54.7 Å². The fraction of sp³-hybridized carbons (Fsp3) is 0.348. The second kappa shape index (κ2) is 7.46. The fourth-order valence-electron chi connectivity index (χ4n) is 4.05. The number of H-pyrrole nitrogens is 1. The van der Waals surface area contributed by atoms with Crippen LogP contribution in [0.1, 0.15) is 34.3 Å². The van der Waals surface area contributed by atoms with Crippen LogP contribution in [-0.2, 0) is 6.42 Å². The number of benzene rings is 2. The van der Waals surface area contributed by atoms with Crippen molar-refractivity contribution < 1.29 is 4.79 Å². The standard InChI is InChI=1S/C23H26N2O/c1-17-7-8-22-20(13-17)21(15-24-22)23(26)16-25-11-9-19(10-12-25)14-18-5-3-2-4-6-18/h2-8,13,15,19,24H,9-12,14,16H2,1H3. The van der Waals surface area contributed by atoms with E-state index < -0.39 is 0 Å². The molecule has 26 heavy (non-hydrogen) atoms. The molecule has 1 saturated heterocycles. The molecule has 3 nitrogen and oxygen atoms in total. The predicted molar refractivity (Wildman–Crippen MR) is 107 cm³/mol. The average molecular weight is 346 g/mol. The number of hydrogen-bond donors (Lipinski definition) is 1. The Kier molecular flexibility index (Phi) is 4.89. The summed E-state index contributed by atoms with van der Waals surface area (Å²) in [5.74, 6) is 0.961. The van der Waals surface area contributed by atoms with Crippen LogP contribution in [0.3, 0.4) is 0 Å². The van der Waals surface area contributed by atoms with Crippen LogP contribution in [0.5, 0.6) is 0 Å². The van der Waals surface area contributed by atoms with Gasteiger partial charge in [0.15, 0.2) is 5.78 Å². The van der Waals surface area contributed by atoms with Gasteiger partial charge in [0, 0.05) is 22.7 Å². The third kappa shape index (κ3) is 3.73. The molecule has 1 aliphatic rings. The molecule has 2 aromatic carbocycles. The van der Waals surface area contributed by atoms with Crippen molar-refractivity contribution >= 4 is 16.7 Å². The monoisotopic (exact) mass is 346 g/mol. The molecule has 0 spiro atoms. The fourth-order valence-corrected chi connectivity index (χ4v) is 4.05. The summed E-state index contributed by atoms with van der Waals surface area (Å²) in [6.07, 6.45) is 5.38. The highest BCUT2D eigenvalue weighted by Gasteiger charge is 2.22. The van der Waals surface area contributed by atoms with E-state index in [1.807, 2.05) is 6.20 Å². The number of ketones is 1. The molecule has 134 valence electrons. The van der Waals surface area contributed by atoms with Gasteiger partial charge in [-0.1, -0.05) is 42.0 Å². The average Bonchev–Trinajstić information content (AvgIpc) is 3.07. The van der Waals surface area contributed by atoms with E-state index in [4.69, 9.17) is 0 Å². The van der Waals surface area contributed by atoms with Gasteiger partial charge >= 0.3 is 0 Å². The van der Waals surface area contributed by atoms with E-state index in [0.29, 0.717) is 6.54 Å². The van der Waals surface area contributed by atoms with Crippen LogP contribution >= 0.6 is 0 Å². The zero-order chi connectivity index (χ0) is 17.9. The lowest BCUT2D eigenvalue weighted by Crippen LogP contribution is -2.37. The van der Waals surface area contributed by atoms with Crippen molar-refractivity contribution in [3.05, 3.63) is 71.4 Å². The molecule has 3 aromatic rings. The zero-order valence-corrected chi connectivity index (χ0v) is 15.4. The zero-order valence-electron chi connectivity index (χ0n) is 15.4. The Morgan fingerprint density at radius 2 is 1.88 bits per heavy atom. The first-order valence-electron chi connectivity index (χ1n) is 9.56. The molecular weight excluding hydrogens is 320 g/mol. The molecule has 3 heteroatoms. The number of aromatic amines is 1. The molecule has 0 bridgehead atoms. The number of nitrogens with one attached hydrogen (secondary N) is 1. The number of aryl methyl sites for hydroxylation is 1. The Morgan fingerprint density at radius 3 is 2.65 bits per heavy atom. The second-order valence-corrected chi connectivity index (χ2v) is 7.58. The van der Waals surface area contributed by atoms with Crippen molar-refractivity contribution in [2.24, 2.45) is 5.92 Å². The Hall–Kier alpha value is -2.39. The largest absolute Gasteiger partial charge is 0.360 e. The number of Topliss-reactive ketones (excluding diaryl/α,β-unsaturated/α-hetero) is 1. The van der Waals surface area contributed by atoms with Crippen molar-refractivity contribution in [1.29, 1.82) is 0 Å². The molecule has 0 amide bonds. The summed E-state index contributed by atoms with van der Waals surface area (Å²) < 4.78 is 0. The number of hydrogen-bond acceptors (Lipinski definition) is 2. The summed E-state index contributed by atoms with van der Waals surface area (Å²) >= 11 is 0. The van der Waals surface area contributed by atoms with Gasteiger partial charge in [-0.15, -0.1) is 0 Å². The van der Waals surface area contributed by atoms with Gasteiger partial charge in [0.05, 0.1) is 6.54 Å². The lowest BCUT2D eigenvalue weighted by atomic mass is 9.90. The van der Waals surface area contributed by atoms with Crippen molar-refractivity contribution in [1.82, 2.24) is 9.88 Å². The predicted octanol–water partition coefficient (Wildman–Crippen LogP) is 4.61. The van der Waals surface area contributed by atoms with Crippen molar-refractivity contribution in [3.8, 4) is 0 Å². The highest BCUT2D eigenvalue weighted by Crippen LogP contribution is 2.24. The van der Waals surface area contributed by atoms with E-state index in [9.17, 15) is 4.79 Å². The van der Waals surface area contributed by atoms with Gasteiger partial charge in [0.1, 0.15) is 0 Å². The summed E-state index contributed by atoms with van der Waals surface area (Å²) in [6, 6.07) is 17.0. The maximum absolute atomic E-state index is 12.8. The van der Waals surface area contributed by atoms with E-state index in [-0.39, 0.29) is 5.78 Å². The molecule has 0 saturated carbocycles. The van der Waals surface area contributed by atoms with Gasteiger partial charge < -0.3 is 4.98 Å². The quantitative estimate of drug-likeness (QED) is 0.685. The second-order valence-electron chi connectivity index (χ2n) is 7.58. The number of carbonyl (C=O) groups is 1. The number of aromatic nitrogens is 1. The van der Waals surface area contributed by atoms with E-state index >= 15 is 0 Å². The maximum Gasteiger partial charge on any atom is 0.178 e. The molecule has 1 aromatic heterocycles. The molecule has 1 aliphatic heterocycles. The number of rotatable bonds is 5. The number of piperidine rings is 1. The molecule has 0 radical (unpaired) electrons. The Bertz CT molecular complexity index is 889. The Labute approximate surface area is 155 Å². The Balaban J connectivity index is 1.35. The van der Waals surface area contributed by atoms with E-state index in [0.717, 1.165) is 41.9 Å². The van der Waals surface area contributed by atoms with Crippen LogP contribution in [0.4, 0.5) is 0 Å². The van der Waals surface area contributed by atoms with E-state index in [2.05, 4.69) is 65.3 Å². The minimum absolute atomic E-state index is 0.225. The number of carbonyl (C=O) groups excluding carboxylic acids is 1. The van der Waals surface area contributed by atoms with Crippen LogP contribution in [0.25, 0.3) is 10.9 Å². The minimum Gasteiger partial charge on any atom is -0.360 e. The molecule has 1 N–H and O–H groups in total. The summed E-state index contributed by atoms with van der Waals surface area (Å²) in [5.41, 5.74) is 4.49. The molecule has 0 aliphatic carbocycles. The summed E-state index contributed by atoms with van der Waals surface area (Å²) in [7, 11) is 0. The van der Waals surface area contributed by atoms with Gasteiger partial charge in [-0.2, -0.15) is 0 Å². The molecule has 0 unspecified atom stereocenters. The minimum atomic E-state index is 0.225. The van der Waals surface area contributed by atoms with Crippen molar-refractivity contribution in [3.63, 3.8) is 0 Å². The van der Waals surface area contributed by atoms with Crippen molar-refractivity contribution in [2.75, 3.05) is 19.6 Å². The van der Waals surface area contributed by atoms with Crippen LogP contribution in [-0.4, -0.2) is 35.3 Å². The van der Waals surface area contributed by atoms with E-state index in [1.165, 1.54) is 24.0 Å². The first kappa shape index (κ1) is 17.0. The van der Waals surface area contributed by atoms with Crippen LogP contribution in [0.2, 0.25) is 0 Å². The summed E-state index contributed by atoms with van der Waals surface area (Å²) in [6.45, 7) is 4.63. The highest BCUT2D eigenvalue weighted by molar-refractivity contribution is 6.08. The van der Waals surface area contributed by atoms with Gasteiger partial charge in [-0.25, -0.2) is 0 Å². The van der Waals surface area contributed by atoms with Crippen LogP contribution < -0.4 is 0 Å². The normalized spacial score (nSPS) is 16.2. The van der Waals surface area contributed by atoms with Gasteiger partial charge in [-0.3, -0.25) is 9.69 Å². The van der Waals surface area contributed by atoms with Crippen molar-refractivity contribution in [2.45, 2.75) is 26.2 Å². The van der Waals surface area contributed by atoms with Gasteiger partial charge in [-0.05, 0) is 62.9 Å². The molecule has 4 rings (SSSR count). The Morgan fingerprint density at radius 1 is 1.12 bits per heavy atom. The third-order valence-corrected chi connectivity index (χ3v) is 5.58. The number of likely N-dealkylation sites (tertiary alicyclic amines) is 1. The van der Waals surface area contributed by atoms with Gasteiger partial charge in [0.25, 0.3) is 0 Å². The SMILES string of the molecule is Cc1ccc2[nH]cc(C(=O)CN3CCC(Cc4ccccc4)CC3)c2c1. The summed E-state index contributed by atoms with van der Waals surface area (Å²) in [4.78, 5) is 18.4. The first-order valence-corrected chi connectivity index (χ1v) is 9.56. The maximum atomic E-state index is 12.8. The third-order valence-electron chi connectivity index (χ3n) is 5.58. The molecule has 0 atom stereocenters.